The van der Waals surface area contributed by atoms with Crippen molar-refractivity contribution in [2.75, 3.05) is 23.4 Å². The van der Waals surface area contributed by atoms with Gasteiger partial charge in [-0.05, 0) is 61.7 Å². The Morgan fingerprint density at radius 1 is 0.871 bits per heavy atom. The Labute approximate surface area is 184 Å². The molecule has 4 rings (SSSR count). The van der Waals surface area contributed by atoms with Crippen LogP contribution in [0.2, 0.25) is 0 Å². The summed E-state index contributed by atoms with van der Waals surface area (Å²) in [5.41, 5.74) is 1.77. The number of benzene rings is 2. The van der Waals surface area contributed by atoms with Gasteiger partial charge in [0.05, 0.1) is 24.5 Å². The number of carbonyl (C=O) groups is 2. The Balaban J connectivity index is 1.71. The molecule has 2 amide bonds. The van der Waals surface area contributed by atoms with E-state index in [1.807, 2.05) is 55.6 Å². The Kier molecular flexibility index (Phi) is 6.04. The molecule has 2 heterocycles. The van der Waals surface area contributed by atoms with Gasteiger partial charge in [0, 0.05) is 16.6 Å². The second-order valence-corrected chi connectivity index (χ2v) is 7.63. The van der Waals surface area contributed by atoms with Crippen molar-refractivity contribution >= 4 is 40.1 Å². The number of hydrogen-bond acceptors (Lipinski definition) is 6. The number of hydrogen-bond donors (Lipinski definition) is 1. The number of thiophene rings is 1. The first-order valence-electron chi connectivity index (χ1n) is 10.0. The highest BCUT2D eigenvalue weighted by atomic mass is 32.1. The summed E-state index contributed by atoms with van der Waals surface area (Å²) in [6.07, 6.45) is 0. The first-order chi connectivity index (χ1) is 15.1. The van der Waals surface area contributed by atoms with Gasteiger partial charge in [-0.1, -0.05) is 12.1 Å². The minimum Gasteiger partial charge on any atom is -0.494 e. The first-order valence-corrected chi connectivity index (χ1v) is 10.9. The second-order valence-electron chi connectivity index (χ2n) is 6.69. The van der Waals surface area contributed by atoms with Crippen molar-refractivity contribution in [1.82, 2.24) is 0 Å². The van der Waals surface area contributed by atoms with Gasteiger partial charge in [0.25, 0.3) is 11.8 Å². The molecule has 0 aliphatic carbocycles. The summed E-state index contributed by atoms with van der Waals surface area (Å²) in [5.74, 6) is 0.570. The topological polar surface area (TPSA) is 67.9 Å². The van der Waals surface area contributed by atoms with E-state index in [-0.39, 0.29) is 11.6 Å². The summed E-state index contributed by atoms with van der Waals surface area (Å²) < 4.78 is 11.0. The lowest BCUT2D eigenvalue weighted by molar-refractivity contribution is -0.120. The molecule has 3 aromatic rings. The molecule has 0 spiro atoms. The molecule has 0 saturated carbocycles. The van der Waals surface area contributed by atoms with Crippen LogP contribution in [0, 0.1) is 0 Å². The predicted molar refractivity (Wildman–Crippen MR) is 123 cm³/mol. The molecule has 2 aromatic carbocycles. The minimum atomic E-state index is -0.407. The number of carbonyl (C=O) groups excluding carboxylic acids is 2. The Hall–Kier alpha value is -3.58. The molecule has 1 aliphatic heterocycles. The molecule has 158 valence electrons. The van der Waals surface area contributed by atoms with Crippen molar-refractivity contribution in [2.45, 2.75) is 13.8 Å². The predicted octanol–water partition coefficient (Wildman–Crippen LogP) is 4.94. The third kappa shape index (κ3) is 4.18. The van der Waals surface area contributed by atoms with Crippen LogP contribution in [0.15, 0.2) is 71.7 Å². The molecule has 0 radical (unpaired) electrons. The summed E-state index contributed by atoms with van der Waals surface area (Å²) in [6.45, 7) is 4.87. The van der Waals surface area contributed by atoms with Gasteiger partial charge in [-0.25, -0.2) is 4.90 Å². The van der Waals surface area contributed by atoms with E-state index < -0.39 is 5.91 Å². The third-order valence-electron chi connectivity index (χ3n) is 4.67. The van der Waals surface area contributed by atoms with Crippen molar-refractivity contribution < 1.29 is 19.1 Å². The van der Waals surface area contributed by atoms with Gasteiger partial charge < -0.3 is 14.8 Å². The van der Waals surface area contributed by atoms with Crippen LogP contribution in [-0.4, -0.2) is 25.0 Å². The van der Waals surface area contributed by atoms with Gasteiger partial charge in [-0.2, -0.15) is 0 Å². The van der Waals surface area contributed by atoms with Gasteiger partial charge in [-0.3, -0.25) is 9.59 Å². The van der Waals surface area contributed by atoms with Crippen LogP contribution in [0.4, 0.5) is 11.4 Å². The first kappa shape index (κ1) is 20.7. The standard InChI is InChI=1S/C24H22N2O4S/c1-3-29-18-12-10-16(11-13-18)25-22-21(20-9-6-14-31-20)23(27)26(24(22)28)17-7-5-8-19(15-17)30-4-2/h5-15,25H,3-4H2,1-2H3. The highest BCUT2D eigenvalue weighted by Crippen LogP contribution is 2.36. The molecule has 0 atom stereocenters. The molecule has 31 heavy (non-hydrogen) atoms. The van der Waals surface area contributed by atoms with Crippen molar-refractivity contribution in [3.63, 3.8) is 0 Å². The van der Waals surface area contributed by atoms with Crippen LogP contribution in [0.1, 0.15) is 18.7 Å². The summed E-state index contributed by atoms with van der Waals surface area (Å²) in [5, 5.41) is 5.04. The average Bonchev–Trinajstić information content (AvgIpc) is 3.37. The highest BCUT2D eigenvalue weighted by Gasteiger charge is 2.40. The number of ether oxygens (including phenoxy) is 2. The van der Waals surface area contributed by atoms with E-state index in [4.69, 9.17) is 9.47 Å². The van der Waals surface area contributed by atoms with E-state index in [9.17, 15) is 9.59 Å². The Bertz CT molecular complexity index is 1120. The van der Waals surface area contributed by atoms with Crippen LogP contribution >= 0.6 is 11.3 Å². The van der Waals surface area contributed by atoms with Gasteiger partial charge in [0.1, 0.15) is 17.2 Å². The molecule has 1 N–H and O–H groups in total. The lowest BCUT2D eigenvalue weighted by Gasteiger charge is -2.16. The molecule has 7 heteroatoms. The molecule has 6 nitrogen and oxygen atoms in total. The molecule has 0 bridgehead atoms. The third-order valence-corrected chi connectivity index (χ3v) is 5.56. The van der Waals surface area contributed by atoms with E-state index in [0.717, 1.165) is 10.6 Å². The van der Waals surface area contributed by atoms with Crippen molar-refractivity contribution in [3.05, 3.63) is 76.6 Å². The molecule has 1 aliphatic rings. The van der Waals surface area contributed by atoms with E-state index in [2.05, 4.69) is 5.32 Å². The smallest absolute Gasteiger partial charge is 0.282 e. The van der Waals surface area contributed by atoms with Gasteiger partial charge in [0.2, 0.25) is 0 Å². The lowest BCUT2D eigenvalue weighted by Crippen LogP contribution is -2.32. The molecule has 1 aromatic heterocycles. The van der Waals surface area contributed by atoms with Crippen LogP contribution in [0.3, 0.4) is 0 Å². The highest BCUT2D eigenvalue weighted by molar-refractivity contribution is 7.11. The van der Waals surface area contributed by atoms with Gasteiger partial charge >= 0.3 is 0 Å². The molecule has 0 unspecified atom stereocenters. The van der Waals surface area contributed by atoms with Crippen LogP contribution in [0.5, 0.6) is 11.5 Å². The number of nitrogens with zero attached hydrogens (tertiary/aromatic N) is 1. The van der Waals surface area contributed by atoms with E-state index in [0.29, 0.717) is 35.9 Å². The summed E-state index contributed by atoms with van der Waals surface area (Å²) in [4.78, 5) is 28.7. The Morgan fingerprint density at radius 3 is 2.29 bits per heavy atom. The zero-order valence-electron chi connectivity index (χ0n) is 17.3. The number of anilines is 2. The molecule has 0 fully saturated rings. The maximum atomic E-state index is 13.4. The fourth-order valence-electron chi connectivity index (χ4n) is 3.35. The van der Waals surface area contributed by atoms with Crippen LogP contribution < -0.4 is 19.7 Å². The largest absolute Gasteiger partial charge is 0.494 e. The zero-order chi connectivity index (χ0) is 21.8. The number of rotatable bonds is 8. The maximum Gasteiger partial charge on any atom is 0.282 e. The summed E-state index contributed by atoms with van der Waals surface area (Å²) in [6, 6.07) is 18.0. The second kappa shape index (κ2) is 9.06. The molecular weight excluding hydrogens is 412 g/mol. The fourth-order valence-corrected chi connectivity index (χ4v) is 4.12. The van der Waals surface area contributed by atoms with E-state index in [1.165, 1.54) is 16.2 Å². The zero-order valence-corrected chi connectivity index (χ0v) is 18.1. The Morgan fingerprint density at radius 2 is 1.61 bits per heavy atom. The number of nitrogens with one attached hydrogen (secondary N) is 1. The monoisotopic (exact) mass is 434 g/mol. The summed E-state index contributed by atoms with van der Waals surface area (Å²) in [7, 11) is 0. The quantitative estimate of drug-likeness (QED) is 0.509. The van der Waals surface area contributed by atoms with E-state index >= 15 is 0 Å². The number of imide groups is 1. The van der Waals surface area contributed by atoms with Crippen molar-refractivity contribution in [2.24, 2.45) is 0 Å². The van der Waals surface area contributed by atoms with Crippen LogP contribution in [-0.2, 0) is 9.59 Å². The van der Waals surface area contributed by atoms with Gasteiger partial charge in [-0.15, -0.1) is 11.3 Å². The number of amides is 2. The van der Waals surface area contributed by atoms with E-state index in [1.54, 1.807) is 24.3 Å². The normalized spacial score (nSPS) is 13.7. The minimum absolute atomic E-state index is 0.249. The fraction of sp³-hybridized carbons (Fsp3) is 0.167. The SMILES string of the molecule is CCOc1ccc(NC2=C(c3cccs3)C(=O)N(c3cccc(OCC)c3)C2=O)cc1. The van der Waals surface area contributed by atoms with Crippen molar-refractivity contribution in [1.29, 1.82) is 0 Å². The average molecular weight is 435 g/mol. The molecular formula is C24H22N2O4S. The van der Waals surface area contributed by atoms with Gasteiger partial charge in [0.15, 0.2) is 0 Å². The lowest BCUT2D eigenvalue weighted by atomic mass is 10.2. The maximum absolute atomic E-state index is 13.4. The summed E-state index contributed by atoms with van der Waals surface area (Å²) >= 11 is 1.42. The van der Waals surface area contributed by atoms with Crippen LogP contribution in [0.25, 0.3) is 5.57 Å². The molecule has 0 saturated heterocycles. The van der Waals surface area contributed by atoms with Crippen molar-refractivity contribution in [3.8, 4) is 11.5 Å².